The van der Waals surface area contributed by atoms with Gasteiger partial charge in [-0.2, -0.15) is 0 Å². The van der Waals surface area contributed by atoms with E-state index in [9.17, 15) is 5.11 Å². The summed E-state index contributed by atoms with van der Waals surface area (Å²) < 4.78 is 0. The van der Waals surface area contributed by atoms with Crippen molar-refractivity contribution in [2.75, 3.05) is 0 Å². The minimum Gasteiger partial charge on any atom is -0.385 e. The quantitative estimate of drug-likeness (QED) is 0.799. The van der Waals surface area contributed by atoms with Gasteiger partial charge in [0, 0.05) is 0 Å². The van der Waals surface area contributed by atoms with Crippen LogP contribution in [0.5, 0.6) is 0 Å². The van der Waals surface area contributed by atoms with Crippen molar-refractivity contribution in [2.24, 2.45) is 0 Å². The third-order valence-corrected chi connectivity index (χ3v) is 4.44. The summed E-state index contributed by atoms with van der Waals surface area (Å²) in [5.74, 6) is 0.723. The van der Waals surface area contributed by atoms with E-state index in [1.165, 1.54) is 43.2 Å². The van der Waals surface area contributed by atoms with Crippen LogP contribution in [0, 0.1) is 0 Å². The first kappa shape index (κ1) is 10.3. The standard InChI is InChI=1S/C15H20O/c16-15(10-3-4-11-15)14-9-2-1-8-13(14)12-6-5-7-12/h1-2,8-9,12,16H,3-7,10-11H2. The second-order valence-electron chi connectivity index (χ2n) is 5.45. The molecule has 0 radical (unpaired) electrons. The summed E-state index contributed by atoms with van der Waals surface area (Å²) in [6.07, 6.45) is 8.25. The molecule has 1 nitrogen and oxygen atoms in total. The van der Waals surface area contributed by atoms with Gasteiger partial charge in [0.05, 0.1) is 5.60 Å². The molecule has 0 heterocycles. The molecular formula is C15H20O. The fourth-order valence-corrected chi connectivity index (χ4v) is 3.23. The lowest BCUT2D eigenvalue weighted by molar-refractivity contribution is 0.0427. The van der Waals surface area contributed by atoms with Crippen LogP contribution in [0.3, 0.4) is 0 Å². The van der Waals surface area contributed by atoms with E-state index in [-0.39, 0.29) is 0 Å². The minimum atomic E-state index is -0.508. The Morgan fingerprint density at radius 3 is 2.31 bits per heavy atom. The number of benzene rings is 1. The molecule has 1 heteroatoms. The molecule has 0 atom stereocenters. The fourth-order valence-electron chi connectivity index (χ4n) is 3.23. The van der Waals surface area contributed by atoms with Crippen molar-refractivity contribution >= 4 is 0 Å². The minimum absolute atomic E-state index is 0.508. The van der Waals surface area contributed by atoms with E-state index in [4.69, 9.17) is 0 Å². The maximum atomic E-state index is 10.7. The van der Waals surface area contributed by atoms with Crippen LogP contribution in [0.2, 0.25) is 0 Å². The summed E-state index contributed by atoms with van der Waals surface area (Å²) in [5, 5.41) is 10.7. The van der Waals surface area contributed by atoms with Crippen LogP contribution in [0.25, 0.3) is 0 Å². The Hall–Kier alpha value is -0.820. The number of hydrogen-bond acceptors (Lipinski definition) is 1. The SMILES string of the molecule is OC1(c2ccccc2C2CCC2)CCCC1. The highest BCUT2D eigenvalue weighted by Crippen LogP contribution is 2.45. The molecule has 0 aliphatic heterocycles. The molecule has 86 valence electrons. The molecule has 0 unspecified atom stereocenters. The zero-order valence-electron chi connectivity index (χ0n) is 9.78. The number of aliphatic hydroxyl groups is 1. The second-order valence-corrected chi connectivity index (χ2v) is 5.45. The summed E-state index contributed by atoms with van der Waals surface area (Å²) in [4.78, 5) is 0. The maximum absolute atomic E-state index is 10.7. The molecule has 0 spiro atoms. The Morgan fingerprint density at radius 1 is 1.00 bits per heavy atom. The van der Waals surface area contributed by atoms with E-state index in [2.05, 4.69) is 24.3 Å². The van der Waals surface area contributed by atoms with Crippen molar-refractivity contribution in [1.82, 2.24) is 0 Å². The molecule has 0 bridgehead atoms. The van der Waals surface area contributed by atoms with E-state index in [0.29, 0.717) is 0 Å². The van der Waals surface area contributed by atoms with Crippen molar-refractivity contribution in [2.45, 2.75) is 56.5 Å². The topological polar surface area (TPSA) is 20.2 Å². The van der Waals surface area contributed by atoms with Gasteiger partial charge in [0.25, 0.3) is 0 Å². The lowest BCUT2D eigenvalue weighted by Crippen LogP contribution is -2.25. The predicted octanol–water partition coefficient (Wildman–Crippen LogP) is 3.72. The zero-order valence-corrected chi connectivity index (χ0v) is 9.78. The average molecular weight is 216 g/mol. The molecule has 3 rings (SSSR count). The summed E-state index contributed by atoms with van der Waals surface area (Å²) in [6, 6.07) is 8.58. The Kier molecular flexibility index (Phi) is 2.51. The third kappa shape index (κ3) is 1.58. The van der Waals surface area contributed by atoms with Gasteiger partial charge in [0.15, 0.2) is 0 Å². The van der Waals surface area contributed by atoms with Gasteiger partial charge in [-0.1, -0.05) is 43.5 Å². The van der Waals surface area contributed by atoms with Crippen molar-refractivity contribution < 1.29 is 5.11 Å². The number of hydrogen-bond donors (Lipinski definition) is 1. The average Bonchev–Trinajstić information content (AvgIpc) is 2.65. The molecule has 2 aliphatic rings. The lowest BCUT2D eigenvalue weighted by Gasteiger charge is -2.33. The van der Waals surface area contributed by atoms with Crippen LogP contribution < -0.4 is 0 Å². The summed E-state index contributed by atoms with van der Waals surface area (Å²) in [5.41, 5.74) is 2.15. The fraction of sp³-hybridized carbons (Fsp3) is 0.600. The summed E-state index contributed by atoms with van der Waals surface area (Å²) >= 11 is 0. The molecule has 1 aromatic carbocycles. The first-order valence-electron chi connectivity index (χ1n) is 6.61. The van der Waals surface area contributed by atoms with Gasteiger partial charge in [-0.15, -0.1) is 0 Å². The highest BCUT2D eigenvalue weighted by atomic mass is 16.3. The van der Waals surface area contributed by atoms with E-state index >= 15 is 0 Å². The molecule has 0 aromatic heterocycles. The Bertz CT molecular complexity index is 373. The second kappa shape index (κ2) is 3.89. The normalized spacial score (nSPS) is 24.3. The Morgan fingerprint density at radius 2 is 1.69 bits per heavy atom. The zero-order chi connectivity index (χ0) is 11.0. The van der Waals surface area contributed by atoms with Gasteiger partial charge < -0.3 is 5.11 Å². The first-order chi connectivity index (χ1) is 7.80. The van der Waals surface area contributed by atoms with Crippen molar-refractivity contribution in [1.29, 1.82) is 0 Å². The third-order valence-electron chi connectivity index (χ3n) is 4.44. The van der Waals surface area contributed by atoms with Crippen molar-refractivity contribution in [3.05, 3.63) is 35.4 Å². The summed E-state index contributed by atoms with van der Waals surface area (Å²) in [7, 11) is 0. The summed E-state index contributed by atoms with van der Waals surface area (Å²) in [6.45, 7) is 0. The Labute approximate surface area is 97.5 Å². The van der Waals surface area contributed by atoms with Gasteiger partial charge in [0.1, 0.15) is 0 Å². The largest absolute Gasteiger partial charge is 0.385 e. The molecule has 2 fully saturated rings. The van der Waals surface area contributed by atoms with E-state index in [1.54, 1.807) is 0 Å². The number of rotatable bonds is 2. The van der Waals surface area contributed by atoms with E-state index in [0.717, 1.165) is 18.8 Å². The molecular weight excluding hydrogens is 196 g/mol. The van der Waals surface area contributed by atoms with Crippen molar-refractivity contribution in [3.8, 4) is 0 Å². The van der Waals surface area contributed by atoms with Crippen LogP contribution in [0.15, 0.2) is 24.3 Å². The molecule has 1 aromatic rings. The highest BCUT2D eigenvalue weighted by Gasteiger charge is 2.36. The van der Waals surface area contributed by atoms with Crippen molar-refractivity contribution in [3.63, 3.8) is 0 Å². The highest BCUT2D eigenvalue weighted by molar-refractivity contribution is 5.36. The van der Waals surface area contributed by atoms with Crippen LogP contribution in [-0.2, 0) is 5.60 Å². The molecule has 0 saturated heterocycles. The van der Waals surface area contributed by atoms with Gasteiger partial charge in [-0.05, 0) is 42.7 Å². The first-order valence-corrected chi connectivity index (χ1v) is 6.61. The maximum Gasteiger partial charge on any atom is 0.0899 e. The molecule has 16 heavy (non-hydrogen) atoms. The van der Waals surface area contributed by atoms with Gasteiger partial charge >= 0.3 is 0 Å². The monoisotopic (exact) mass is 216 g/mol. The van der Waals surface area contributed by atoms with Gasteiger partial charge in [-0.3, -0.25) is 0 Å². The Balaban J connectivity index is 1.98. The van der Waals surface area contributed by atoms with Crippen LogP contribution >= 0.6 is 0 Å². The van der Waals surface area contributed by atoms with E-state index < -0.39 is 5.60 Å². The molecule has 2 aliphatic carbocycles. The van der Waals surface area contributed by atoms with Crippen LogP contribution in [0.1, 0.15) is 62.0 Å². The molecule has 2 saturated carbocycles. The van der Waals surface area contributed by atoms with Gasteiger partial charge in [-0.25, -0.2) is 0 Å². The molecule has 1 N–H and O–H groups in total. The smallest absolute Gasteiger partial charge is 0.0899 e. The van der Waals surface area contributed by atoms with E-state index in [1.807, 2.05) is 0 Å². The van der Waals surface area contributed by atoms with Gasteiger partial charge in [0.2, 0.25) is 0 Å². The lowest BCUT2D eigenvalue weighted by atomic mass is 9.75. The predicted molar refractivity (Wildman–Crippen MR) is 65.4 cm³/mol. The molecule has 0 amide bonds. The van der Waals surface area contributed by atoms with Crippen LogP contribution in [-0.4, -0.2) is 5.11 Å². The van der Waals surface area contributed by atoms with Crippen LogP contribution in [0.4, 0.5) is 0 Å².